The average Bonchev–Trinajstić information content (AvgIpc) is 2.75. The fraction of sp³-hybridized carbons (Fsp3) is 0.630. The Balaban J connectivity index is 2.22. The maximum absolute atomic E-state index is 12.5. The Morgan fingerprint density at radius 1 is 1.15 bits per heavy atom. The number of ether oxygens (including phenoxy) is 2. The molecule has 188 valence electrons. The average molecular weight is 472 g/mol. The lowest BCUT2D eigenvalue weighted by Crippen LogP contribution is -2.45. The quantitative estimate of drug-likeness (QED) is 0.491. The van der Waals surface area contributed by atoms with Gasteiger partial charge in [0.15, 0.2) is 0 Å². The van der Waals surface area contributed by atoms with Gasteiger partial charge in [0.05, 0.1) is 19.2 Å². The molecule has 0 aliphatic heterocycles. The maximum Gasteiger partial charge on any atom is 0.407 e. The molecule has 0 saturated heterocycles. The Labute approximate surface area is 205 Å². The summed E-state index contributed by atoms with van der Waals surface area (Å²) >= 11 is 0. The van der Waals surface area contributed by atoms with Crippen molar-refractivity contribution in [2.45, 2.75) is 78.0 Å². The Morgan fingerprint density at radius 3 is 2.32 bits per heavy atom. The standard InChI is InChI=1S/C27H41N3O4/c1-9-30(22-14-12-21(13-15-22)28-26(32)34-27(3,4)5)24-18-20(11-10-16-29(6)7)17-23(19(24)2)25(31)33-8/h17-18,21-22H,9,12-16H2,1-8H3,(H,28,32). The number of hydrogen-bond donors (Lipinski definition) is 1. The molecule has 0 unspecified atom stereocenters. The number of anilines is 1. The molecule has 7 heteroatoms. The van der Waals surface area contributed by atoms with Gasteiger partial charge in [-0.1, -0.05) is 11.8 Å². The van der Waals surface area contributed by atoms with E-state index in [-0.39, 0.29) is 18.1 Å². The molecule has 1 fully saturated rings. The number of carbonyl (C=O) groups is 2. The number of alkyl carbamates (subject to hydrolysis) is 1. The molecule has 0 aromatic heterocycles. The van der Waals surface area contributed by atoms with Crippen LogP contribution in [0.3, 0.4) is 0 Å². The van der Waals surface area contributed by atoms with Crippen LogP contribution >= 0.6 is 0 Å². The second kappa shape index (κ2) is 12.1. The summed E-state index contributed by atoms with van der Waals surface area (Å²) < 4.78 is 10.5. The number of rotatable bonds is 6. The van der Waals surface area contributed by atoms with Crippen LogP contribution in [-0.4, -0.2) is 68.9 Å². The van der Waals surface area contributed by atoms with Gasteiger partial charge < -0.3 is 19.7 Å². The van der Waals surface area contributed by atoms with Crippen molar-refractivity contribution in [3.8, 4) is 11.8 Å². The minimum absolute atomic E-state index is 0.111. The molecule has 1 aromatic rings. The molecule has 0 heterocycles. The van der Waals surface area contributed by atoms with Crippen molar-refractivity contribution in [2.24, 2.45) is 0 Å². The van der Waals surface area contributed by atoms with Crippen LogP contribution in [0.15, 0.2) is 12.1 Å². The second-order valence-electron chi connectivity index (χ2n) is 10.1. The van der Waals surface area contributed by atoms with E-state index in [4.69, 9.17) is 9.47 Å². The van der Waals surface area contributed by atoms with Crippen molar-refractivity contribution in [1.29, 1.82) is 0 Å². The number of amides is 1. The predicted octanol–water partition coefficient (Wildman–Crippen LogP) is 4.36. The first-order valence-corrected chi connectivity index (χ1v) is 12.1. The highest BCUT2D eigenvalue weighted by molar-refractivity contribution is 5.93. The number of carbonyl (C=O) groups excluding carboxylic acids is 2. The van der Waals surface area contributed by atoms with Gasteiger partial charge in [-0.2, -0.15) is 0 Å². The summed E-state index contributed by atoms with van der Waals surface area (Å²) in [6.45, 7) is 11.2. The number of hydrogen-bond acceptors (Lipinski definition) is 6. The van der Waals surface area contributed by atoms with Gasteiger partial charge in [-0.25, -0.2) is 9.59 Å². The highest BCUT2D eigenvalue weighted by Gasteiger charge is 2.29. The highest BCUT2D eigenvalue weighted by Crippen LogP contribution is 2.32. The molecule has 1 aliphatic carbocycles. The SMILES string of the molecule is CCN(c1cc(C#CCN(C)C)cc(C(=O)OC)c1C)C1CCC(NC(=O)OC(C)(C)C)CC1. The number of benzene rings is 1. The lowest BCUT2D eigenvalue weighted by Gasteiger charge is -2.39. The van der Waals surface area contributed by atoms with Gasteiger partial charge in [0.1, 0.15) is 5.60 Å². The fourth-order valence-corrected chi connectivity index (χ4v) is 4.32. The van der Waals surface area contributed by atoms with Crippen molar-refractivity contribution in [3.05, 3.63) is 28.8 Å². The molecule has 1 saturated carbocycles. The van der Waals surface area contributed by atoms with Crippen molar-refractivity contribution in [3.63, 3.8) is 0 Å². The number of methoxy groups -OCH3 is 1. The minimum atomic E-state index is -0.504. The smallest absolute Gasteiger partial charge is 0.407 e. The molecule has 1 amide bonds. The third kappa shape index (κ3) is 7.95. The van der Waals surface area contributed by atoms with E-state index in [0.29, 0.717) is 18.2 Å². The van der Waals surface area contributed by atoms with E-state index in [1.165, 1.54) is 7.11 Å². The first-order chi connectivity index (χ1) is 15.9. The summed E-state index contributed by atoms with van der Waals surface area (Å²) in [7, 11) is 5.35. The van der Waals surface area contributed by atoms with Crippen LogP contribution < -0.4 is 10.2 Å². The number of nitrogens with zero attached hydrogens (tertiary/aromatic N) is 2. The van der Waals surface area contributed by atoms with Crippen LogP contribution in [-0.2, 0) is 9.47 Å². The van der Waals surface area contributed by atoms with E-state index >= 15 is 0 Å². The summed E-state index contributed by atoms with van der Waals surface area (Å²) in [5.41, 5.74) is 2.77. The molecule has 7 nitrogen and oxygen atoms in total. The topological polar surface area (TPSA) is 71.1 Å². The summed E-state index contributed by atoms with van der Waals surface area (Å²) in [6, 6.07) is 4.33. The van der Waals surface area contributed by atoms with E-state index in [2.05, 4.69) is 35.0 Å². The minimum Gasteiger partial charge on any atom is -0.465 e. The third-order valence-electron chi connectivity index (χ3n) is 5.92. The molecule has 0 atom stereocenters. The van der Waals surface area contributed by atoms with Crippen molar-refractivity contribution in [2.75, 3.05) is 39.2 Å². The molecule has 0 radical (unpaired) electrons. The molecule has 0 bridgehead atoms. The zero-order chi connectivity index (χ0) is 25.5. The van der Waals surface area contributed by atoms with Crippen LogP contribution in [0.5, 0.6) is 0 Å². The van der Waals surface area contributed by atoms with Crippen LogP contribution in [0.1, 0.15) is 74.9 Å². The van der Waals surface area contributed by atoms with Crippen LogP contribution in [0, 0.1) is 18.8 Å². The van der Waals surface area contributed by atoms with Gasteiger partial charge in [0.25, 0.3) is 0 Å². The van der Waals surface area contributed by atoms with Gasteiger partial charge in [-0.3, -0.25) is 4.90 Å². The zero-order valence-electron chi connectivity index (χ0n) is 22.1. The van der Waals surface area contributed by atoms with Crippen LogP contribution in [0.4, 0.5) is 10.5 Å². The van der Waals surface area contributed by atoms with Gasteiger partial charge in [-0.05, 0) is 92.1 Å². The Hall–Kier alpha value is -2.72. The van der Waals surface area contributed by atoms with E-state index in [9.17, 15) is 9.59 Å². The first-order valence-electron chi connectivity index (χ1n) is 12.1. The summed E-state index contributed by atoms with van der Waals surface area (Å²) in [6.07, 6.45) is 3.29. The summed E-state index contributed by atoms with van der Waals surface area (Å²) in [5, 5.41) is 3.01. The summed E-state index contributed by atoms with van der Waals surface area (Å²) in [4.78, 5) is 29.0. The Morgan fingerprint density at radius 2 is 1.79 bits per heavy atom. The van der Waals surface area contributed by atoms with Crippen molar-refractivity contribution < 1.29 is 19.1 Å². The molecule has 1 N–H and O–H groups in total. The largest absolute Gasteiger partial charge is 0.465 e. The summed E-state index contributed by atoms with van der Waals surface area (Å²) in [5.74, 6) is 6.02. The van der Waals surface area contributed by atoms with E-state index in [1.807, 2.05) is 52.8 Å². The second-order valence-corrected chi connectivity index (χ2v) is 10.1. The van der Waals surface area contributed by atoms with Crippen LogP contribution in [0.2, 0.25) is 0 Å². The van der Waals surface area contributed by atoms with Gasteiger partial charge in [0.2, 0.25) is 0 Å². The molecule has 34 heavy (non-hydrogen) atoms. The Bertz CT molecular complexity index is 916. The monoisotopic (exact) mass is 471 g/mol. The Kier molecular flexibility index (Phi) is 9.81. The lowest BCUT2D eigenvalue weighted by atomic mass is 9.89. The number of esters is 1. The first kappa shape index (κ1) is 27.5. The molecular weight excluding hydrogens is 430 g/mol. The predicted molar refractivity (Wildman–Crippen MR) is 136 cm³/mol. The molecule has 2 rings (SSSR count). The van der Waals surface area contributed by atoms with Crippen molar-refractivity contribution in [1.82, 2.24) is 10.2 Å². The fourth-order valence-electron chi connectivity index (χ4n) is 4.32. The van der Waals surface area contributed by atoms with Gasteiger partial charge >= 0.3 is 12.1 Å². The lowest BCUT2D eigenvalue weighted by molar-refractivity contribution is 0.0490. The third-order valence-corrected chi connectivity index (χ3v) is 5.92. The molecule has 0 spiro atoms. The normalized spacial score (nSPS) is 18.0. The zero-order valence-corrected chi connectivity index (χ0v) is 22.1. The molecule has 1 aliphatic rings. The maximum atomic E-state index is 12.5. The molecule has 1 aromatic carbocycles. The van der Waals surface area contributed by atoms with E-state index in [0.717, 1.165) is 49.0 Å². The van der Waals surface area contributed by atoms with E-state index < -0.39 is 5.60 Å². The van der Waals surface area contributed by atoms with Gasteiger partial charge in [0, 0.05) is 29.9 Å². The molecular formula is C27H41N3O4. The van der Waals surface area contributed by atoms with Crippen LogP contribution in [0.25, 0.3) is 0 Å². The van der Waals surface area contributed by atoms with Crippen molar-refractivity contribution >= 4 is 17.7 Å². The van der Waals surface area contributed by atoms with E-state index in [1.54, 1.807) is 0 Å². The highest BCUT2D eigenvalue weighted by atomic mass is 16.6. The number of nitrogens with one attached hydrogen (secondary N) is 1. The van der Waals surface area contributed by atoms with Gasteiger partial charge in [-0.15, -0.1) is 0 Å².